The van der Waals surface area contributed by atoms with Crippen LogP contribution in [0.4, 0.5) is 0 Å². The summed E-state index contributed by atoms with van der Waals surface area (Å²) in [5, 5.41) is 2.26. The number of aromatic nitrogens is 1. The Morgan fingerprint density at radius 1 is 0.947 bits per heavy atom. The Labute approximate surface area is 113 Å². The van der Waals surface area contributed by atoms with Crippen LogP contribution in [0.25, 0.3) is 22.1 Å². The first-order valence-corrected chi connectivity index (χ1v) is 6.67. The predicted molar refractivity (Wildman–Crippen MR) is 79.7 cm³/mol. The Kier molecular flexibility index (Phi) is 2.46. The summed E-state index contributed by atoms with van der Waals surface area (Å²) in [4.78, 5) is 4.68. The molecule has 0 radical (unpaired) electrons. The van der Waals surface area contributed by atoms with Gasteiger partial charge in [0.05, 0.1) is 0 Å². The fraction of sp³-hybridized carbons (Fsp3) is 0.353. The van der Waals surface area contributed by atoms with E-state index in [0.717, 1.165) is 27.8 Å². The van der Waals surface area contributed by atoms with Gasteiger partial charge in [-0.3, -0.25) is 0 Å². The fourth-order valence-corrected chi connectivity index (χ4v) is 2.33. The molecule has 0 aliphatic rings. The highest BCUT2D eigenvalue weighted by Crippen LogP contribution is 2.31. The van der Waals surface area contributed by atoms with E-state index in [-0.39, 0.29) is 5.41 Å². The molecular formula is C17H19NO. The van der Waals surface area contributed by atoms with Crippen molar-refractivity contribution in [3.05, 3.63) is 41.1 Å². The molecule has 0 atom stereocenters. The first kappa shape index (κ1) is 12.2. The number of aryl methyl sites for hydroxylation is 2. The zero-order chi connectivity index (χ0) is 13.8. The lowest BCUT2D eigenvalue weighted by molar-refractivity contribution is 0.562. The normalized spacial score (nSPS) is 12.5. The number of fused-ring (bicyclic) bond motifs is 3. The summed E-state index contributed by atoms with van der Waals surface area (Å²) in [6.45, 7) is 10.7. The van der Waals surface area contributed by atoms with E-state index in [2.05, 4.69) is 63.9 Å². The molecule has 0 spiro atoms. The van der Waals surface area contributed by atoms with Gasteiger partial charge in [0, 0.05) is 21.9 Å². The third-order valence-corrected chi connectivity index (χ3v) is 3.72. The smallest absolute Gasteiger partial charge is 0.227 e. The van der Waals surface area contributed by atoms with Crippen molar-refractivity contribution in [2.24, 2.45) is 0 Å². The van der Waals surface area contributed by atoms with Gasteiger partial charge >= 0.3 is 0 Å². The summed E-state index contributed by atoms with van der Waals surface area (Å²) in [5.41, 5.74) is 5.31. The van der Waals surface area contributed by atoms with Crippen molar-refractivity contribution in [3.8, 4) is 0 Å². The fourth-order valence-electron chi connectivity index (χ4n) is 2.33. The second kappa shape index (κ2) is 3.83. The van der Waals surface area contributed by atoms with Crippen molar-refractivity contribution in [2.45, 2.75) is 40.0 Å². The Morgan fingerprint density at radius 3 is 2.32 bits per heavy atom. The Balaban J connectivity index is 2.34. The topological polar surface area (TPSA) is 26.0 Å². The molecule has 98 valence electrons. The van der Waals surface area contributed by atoms with Crippen LogP contribution in [0.2, 0.25) is 0 Å². The lowest BCUT2D eigenvalue weighted by Crippen LogP contribution is -2.12. The van der Waals surface area contributed by atoms with E-state index in [1.165, 1.54) is 11.1 Å². The van der Waals surface area contributed by atoms with E-state index < -0.39 is 0 Å². The van der Waals surface area contributed by atoms with Crippen LogP contribution in [0.3, 0.4) is 0 Å². The van der Waals surface area contributed by atoms with E-state index in [1.807, 2.05) is 0 Å². The lowest BCUT2D eigenvalue weighted by atomic mass is 9.91. The molecule has 2 heterocycles. The van der Waals surface area contributed by atoms with Crippen molar-refractivity contribution in [3.63, 3.8) is 0 Å². The van der Waals surface area contributed by atoms with Crippen molar-refractivity contribution in [2.75, 3.05) is 0 Å². The molecule has 19 heavy (non-hydrogen) atoms. The zero-order valence-corrected chi connectivity index (χ0v) is 12.2. The molecular weight excluding hydrogens is 234 g/mol. The van der Waals surface area contributed by atoms with Crippen LogP contribution in [0.5, 0.6) is 0 Å². The average Bonchev–Trinajstić information content (AvgIpc) is 2.65. The standard InChI is InChI=1S/C17H19NO/c1-10-8-13-12-6-7-15(17(3,4)5)18-16(12)19-14(13)9-11(10)2/h6-9H,1-5H3. The summed E-state index contributed by atoms with van der Waals surface area (Å²) in [7, 11) is 0. The Hall–Kier alpha value is -1.83. The Bertz CT molecular complexity index is 775. The highest BCUT2D eigenvalue weighted by Gasteiger charge is 2.18. The number of benzene rings is 1. The third-order valence-electron chi connectivity index (χ3n) is 3.72. The minimum atomic E-state index is 0.0407. The molecule has 0 bridgehead atoms. The summed E-state index contributed by atoms with van der Waals surface area (Å²) >= 11 is 0. The first-order chi connectivity index (χ1) is 8.86. The van der Waals surface area contributed by atoms with Crippen molar-refractivity contribution in [1.29, 1.82) is 0 Å². The first-order valence-electron chi connectivity index (χ1n) is 6.67. The van der Waals surface area contributed by atoms with Crippen LogP contribution in [-0.2, 0) is 5.41 Å². The van der Waals surface area contributed by atoms with Gasteiger partial charge in [0.25, 0.3) is 0 Å². The van der Waals surface area contributed by atoms with E-state index in [9.17, 15) is 0 Å². The highest BCUT2D eigenvalue weighted by atomic mass is 16.3. The maximum Gasteiger partial charge on any atom is 0.227 e. The number of nitrogens with zero attached hydrogens (tertiary/aromatic N) is 1. The molecule has 0 aliphatic carbocycles. The highest BCUT2D eigenvalue weighted by molar-refractivity contribution is 6.04. The van der Waals surface area contributed by atoms with Gasteiger partial charge in [-0.25, -0.2) is 4.98 Å². The van der Waals surface area contributed by atoms with Crippen LogP contribution < -0.4 is 0 Å². The third kappa shape index (κ3) is 1.92. The predicted octanol–water partition coefficient (Wildman–Crippen LogP) is 4.90. The van der Waals surface area contributed by atoms with E-state index >= 15 is 0 Å². The van der Waals surface area contributed by atoms with Crippen molar-refractivity contribution < 1.29 is 4.42 Å². The van der Waals surface area contributed by atoms with E-state index in [0.29, 0.717) is 0 Å². The van der Waals surface area contributed by atoms with Gasteiger partial charge in [-0.15, -0.1) is 0 Å². The second-order valence-corrected chi connectivity index (χ2v) is 6.33. The van der Waals surface area contributed by atoms with Gasteiger partial charge in [0.15, 0.2) is 0 Å². The molecule has 0 saturated heterocycles. The van der Waals surface area contributed by atoms with Crippen LogP contribution in [0.1, 0.15) is 37.6 Å². The molecule has 0 unspecified atom stereocenters. The molecule has 2 heteroatoms. The molecule has 2 nitrogen and oxygen atoms in total. The minimum absolute atomic E-state index is 0.0407. The maximum atomic E-state index is 5.91. The summed E-state index contributed by atoms with van der Waals surface area (Å²) in [6.07, 6.45) is 0. The number of furan rings is 1. The maximum absolute atomic E-state index is 5.91. The van der Waals surface area contributed by atoms with Gasteiger partial charge in [-0.2, -0.15) is 0 Å². The van der Waals surface area contributed by atoms with Gasteiger partial charge in [-0.05, 0) is 49.2 Å². The van der Waals surface area contributed by atoms with Gasteiger partial charge < -0.3 is 4.42 Å². The number of pyridine rings is 1. The molecule has 2 aromatic heterocycles. The molecule has 0 aliphatic heterocycles. The molecule has 0 saturated carbocycles. The largest absolute Gasteiger partial charge is 0.438 e. The number of hydrogen-bond donors (Lipinski definition) is 0. The molecule has 0 N–H and O–H groups in total. The minimum Gasteiger partial charge on any atom is -0.438 e. The molecule has 0 amide bonds. The van der Waals surface area contributed by atoms with E-state index in [1.54, 1.807) is 0 Å². The van der Waals surface area contributed by atoms with Crippen LogP contribution in [-0.4, -0.2) is 4.98 Å². The van der Waals surface area contributed by atoms with Crippen molar-refractivity contribution >= 4 is 22.1 Å². The molecule has 3 rings (SSSR count). The van der Waals surface area contributed by atoms with Gasteiger partial charge in [0.2, 0.25) is 5.71 Å². The molecule has 0 fully saturated rings. The number of rotatable bonds is 0. The van der Waals surface area contributed by atoms with Gasteiger partial charge in [-0.1, -0.05) is 20.8 Å². The molecule has 1 aromatic carbocycles. The van der Waals surface area contributed by atoms with E-state index in [4.69, 9.17) is 4.42 Å². The average molecular weight is 253 g/mol. The summed E-state index contributed by atoms with van der Waals surface area (Å²) in [5.74, 6) is 0. The number of hydrogen-bond acceptors (Lipinski definition) is 2. The SMILES string of the molecule is Cc1cc2oc3nc(C(C)(C)C)ccc3c2cc1C. The lowest BCUT2D eigenvalue weighted by Gasteiger charge is -2.16. The zero-order valence-electron chi connectivity index (χ0n) is 12.2. The molecule has 3 aromatic rings. The summed E-state index contributed by atoms with van der Waals surface area (Å²) in [6, 6.07) is 8.52. The van der Waals surface area contributed by atoms with Crippen LogP contribution >= 0.6 is 0 Å². The van der Waals surface area contributed by atoms with Crippen LogP contribution in [0, 0.1) is 13.8 Å². The summed E-state index contributed by atoms with van der Waals surface area (Å²) < 4.78 is 5.91. The van der Waals surface area contributed by atoms with Crippen LogP contribution in [0.15, 0.2) is 28.7 Å². The Morgan fingerprint density at radius 2 is 1.63 bits per heavy atom. The van der Waals surface area contributed by atoms with Gasteiger partial charge in [0.1, 0.15) is 5.58 Å². The van der Waals surface area contributed by atoms with Crippen molar-refractivity contribution in [1.82, 2.24) is 4.98 Å². The monoisotopic (exact) mass is 253 g/mol. The quantitative estimate of drug-likeness (QED) is 0.569. The second-order valence-electron chi connectivity index (χ2n) is 6.33.